The highest BCUT2D eigenvalue weighted by molar-refractivity contribution is 5.70. The van der Waals surface area contributed by atoms with Crippen LogP contribution in [0.1, 0.15) is 45.0 Å². The fraction of sp³-hybridized carbons (Fsp3) is 0.296. The van der Waals surface area contributed by atoms with Crippen LogP contribution in [0, 0.1) is 58.3 Å². The Morgan fingerprint density at radius 1 is 0.812 bits per heavy atom. The zero-order valence-corrected chi connectivity index (χ0v) is 19.6. The van der Waals surface area contributed by atoms with Gasteiger partial charge < -0.3 is 9.80 Å². The molecule has 1 fully saturated rings. The molecule has 0 aromatic heterocycles. The zero-order valence-electron chi connectivity index (χ0n) is 19.6. The second-order valence-electron chi connectivity index (χ2n) is 8.94. The van der Waals surface area contributed by atoms with E-state index in [0.29, 0.717) is 0 Å². The van der Waals surface area contributed by atoms with Gasteiger partial charge in [0, 0.05) is 30.1 Å². The third kappa shape index (κ3) is 3.95. The van der Waals surface area contributed by atoms with Crippen LogP contribution in [0.3, 0.4) is 0 Å². The van der Waals surface area contributed by atoms with Crippen molar-refractivity contribution in [3.63, 3.8) is 0 Å². The van der Waals surface area contributed by atoms with Crippen molar-refractivity contribution < 1.29 is 4.92 Å². The first-order valence-corrected chi connectivity index (χ1v) is 10.9. The average molecular weight is 428 g/mol. The molecular weight excluding hydrogens is 398 g/mol. The highest BCUT2D eigenvalue weighted by Crippen LogP contribution is 2.42. The number of anilines is 2. The summed E-state index contributed by atoms with van der Waals surface area (Å²) in [5.41, 5.74) is 10.8. The van der Waals surface area contributed by atoms with Gasteiger partial charge in [-0.3, -0.25) is 10.1 Å². The van der Waals surface area contributed by atoms with E-state index in [-0.39, 0.29) is 16.7 Å². The molecule has 1 heterocycles. The van der Waals surface area contributed by atoms with E-state index >= 15 is 0 Å². The maximum Gasteiger partial charge on any atom is 0.269 e. The Hall–Kier alpha value is -3.34. The molecule has 5 nitrogen and oxygen atoms in total. The van der Waals surface area contributed by atoms with Gasteiger partial charge in [0.05, 0.1) is 11.0 Å². The second kappa shape index (κ2) is 8.30. The Labute approximate surface area is 190 Å². The molecule has 1 saturated heterocycles. The van der Waals surface area contributed by atoms with Crippen LogP contribution in [0.5, 0.6) is 0 Å². The van der Waals surface area contributed by atoms with Gasteiger partial charge in [-0.2, -0.15) is 0 Å². The molecule has 2 radical (unpaired) electrons. The minimum atomic E-state index is -0.353. The van der Waals surface area contributed by atoms with Crippen molar-refractivity contribution in [3.05, 3.63) is 104 Å². The van der Waals surface area contributed by atoms with E-state index in [9.17, 15) is 10.1 Å². The molecule has 3 aromatic rings. The molecule has 164 valence electrons. The summed E-state index contributed by atoms with van der Waals surface area (Å²) in [4.78, 5) is 15.2. The third-order valence-electron chi connectivity index (χ3n) is 6.17. The number of benzene rings is 3. The number of hydrogen-bond acceptors (Lipinski definition) is 4. The van der Waals surface area contributed by atoms with Crippen LogP contribution in [0.15, 0.2) is 48.5 Å². The van der Waals surface area contributed by atoms with Gasteiger partial charge >= 0.3 is 0 Å². The zero-order chi connectivity index (χ0) is 23.2. The van der Waals surface area contributed by atoms with Gasteiger partial charge in [0.25, 0.3) is 5.69 Å². The predicted octanol–water partition coefficient (Wildman–Crippen LogP) is 6.51. The smallest absolute Gasteiger partial charge is 0.269 e. The van der Waals surface area contributed by atoms with Gasteiger partial charge in [0.15, 0.2) is 0 Å². The Morgan fingerprint density at radius 3 is 1.75 bits per heavy atom. The van der Waals surface area contributed by atoms with Gasteiger partial charge in [-0.1, -0.05) is 47.5 Å². The van der Waals surface area contributed by atoms with Crippen molar-refractivity contribution in [2.24, 2.45) is 0 Å². The van der Waals surface area contributed by atoms with Crippen molar-refractivity contribution in [2.45, 2.75) is 47.6 Å². The quantitative estimate of drug-likeness (QED) is 0.352. The van der Waals surface area contributed by atoms with Crippen LogP contribution in [0.2, 0.25) is 0 Å². The maximum atomic E-state index is 11.2. The summed E-state index contributed by atoms with van der Waals surface area (Å²) in [6.07, 6.45) is 0. The molecule has 0 aliphatic carbocycles. The van der Waals surface area contributed by atoms with Crippen LogP contribution in [0.4, 0.5) is 17.1 Å². The Kier molecular flexibility index (Phi) is 5.68. The number of nitro groups is 1. The highest BCUT2D eigenvalue weighted by atomic mass is 16.6. The molecule has 0 amide bonds. The molecule has 32 heavy (non-hydrogen) atoms. The Balaban J connectivity index is 1.81. The van der Waals surface area contributed by atoms with E-state index < -0.39 is 0 Å². The Morgan fingerprint density at radius 2 is 1.28 bits per heavy atom. The summed E-state index contributed by atoms with van der Waals surface area (Å²) in [6.45, 7) is 17.1. The lowest BCUT2D eigenvalue weighted by Crippen LogP contribution is -2.23. The maximum absolute atomic E-state index is 11.2. The SMILES string of the molecule is Cc1cc(C)c(N2[C]N(c3c(C)cc(C)cc3C)C(c3ccc([N+](=O)[O-])cc3)C2)c(C)c1. The molecule has 0 saturated carbocycles. The number of nitro benzene ring substituents is 1. The van der Waals surface area contributed by atoms with Gasteiger partial charge in [-0.25, -0.2) is 0 Å². The van der Waals surface area contributed by atoms with Crippen LogP contribution in [0.25, 0.3) is 0 Å². The lowest BCUT2D eigenvalue weighted by atomic mass is 10.0. The first-order valence-electron chi connectivity index (χ1n) is 10.9. The normalized spacial score (nSPS) is 16.0. The van der Waals surface area contributed by atoms with E-state index in [0.717, 1.165) is 17.8 Å². The fourth-order valence-corrected chi connectivity index (χ4v) is 5.07. The standard InChI is InChI=1S/C27H29N3O2/c1-17-11-19(3)26(20(4)12-17)28-15-25(23-7-9-24(10-8-23)30(31)32)29(16-28)27-21(5)13-18(2)14-22(27)6/h7-14,25H,15H2,1-6H3. The summed E-state index contributed by atoms with van der Waals surface area (Å²) >= 11 is 0. The number of hydrogen-bond donors (Lipinski definition) is 0. The summed E-state index contributed by atoms with van der Waals surface area (Å²) in [5.74, 6) is 0. The summed E-state index contributed by atoms with van der Waals surface area (Å²) in [7, 11) is 0. The molecule has 0 bridgehead atoms. The molecule has 1 aliphatic rings. The van der Waals surface area contributed by atoms with E-state index in [1.54, 1.807) is 12.1 Å². The van der Waals surface area contributed by atoms with E-state index in [1.807, 2.05) is 12.1 Å². The second-order valence-corrected chi connectivity index (χ2v) is 8.94. The summed E-state index contributed by atoms with van der Waals surface area (Å²) < 4.78 is 0. The van der Waals surface area contributed by atoms with Crippen molar-refractivity contribution in [1.82, 2.24) is 0 Å². The van der Waals surface area contributed by atoms with Crippen LogP contribution in [-0.2, 0) is 0 Å². The van der Waals surface area contributed by atoms with Crippen molar-refractivity contribution in [1.29, 1.82) is 0 Å². The largest absolute Gasteiger partial charge is 0.338 e. The molecule has 1 unspecified atom stereocenters. The fourth-order valence-electron chi connectivity index (χ4n) is 5.07. The number of rotatable bonds is 4. The number of aryl methyl sites for hydroxylation is 6. The molecule has 0 spiro atoms. The average Bonchev–Trinajstić information content (AvgIpc) is 3.10. The van der Waals surface area contributed by atoms with Gasteiger partial charge in [0.1, 0.15) is 0 Å². The topological polar surface area (TPSA) is 49.6 Å². The van der Waals surface area contributed by atoms with Crippen molar-refractivity contribution in [3.8, 4) is 0 Å². The monoisotopic (exact) mass is 427 g/mol. The van der Waals surface area contributed by atoms with Crippen LogP contribution in [-0.4, -0.2) is 11.5 Å². The molecule has 0 N–H and O–H groups in total. The molecule has 3 aromatic carbocycles. The van der Waals surface area contributed by atoms with Crippen LogP contribution >= 0.6 is 0 Å². The Bertz CT molecular complexity index is 1140. The van der Waals surface area contributed by atoms with Gasteiger partial charge in [-0.05, 0) is 69.4 Å². The van der Waals surface area contributed by atoms with E-state index in [2.05, 4.69) is 82.3 Å². The molecule has 1 aliphatic heterocycles. The molecule has 5 heteroatoms. The molecule has 4 rings (SSSR count). The lowest BCUT2D eigenvalue weighted by molar-refractivity contribution is -0.384. The minimum Gasteiger partial charge on any atom is -0.338 e. The van der Waals surface area contributed by atoms with E-state index in [1.165, 1.54) is 39.1 Å². The molecule has 1 atom stereocenters. The van der Waals surface area contributed by atoms with Crippen molar-refractivity contribution >= 4 is 17.1 Å². The highest BCUT2D eigenvalue weighted by Gasteiger charge is 2.36. The van der Waals surface area contributed by atoms with Gasteiger partial charge in [-0.15, -0.1) is 0 Å². The third-order valence-corrected chi connectivity index (χ3v) is 6.17. The number of nitrogens with zero attached hydrogens (tertiary/aromatic N) is 3. The van der Waals surface area contributed by atoms with E-state index in [4.69, 9.17) is 0 Å². The minimum absolute atomic E-state index is 0.00369. The number of non-ortho nitro benzene ring substituents is 1. The summed E-state index contributed by atoms with van der Waals surface area (Å²) in [5, 5.41) is 11.2. The summed E-state index contributed by atoms with van der Waals surface area (Å²) in [6, 6.07) is 15.7. The first-order chi connectivity index (χ1) is 15.2. The van der Waals surface area contributed by atoms with Crippen LogP contribution < -0.4 is 9.80 Å². The molecular formula is C27H29N3O2. The van der Waals surface area contributed by atoms with Gasteiger partial charge in [0.2, 0.25) is 6.67 Å². The first kappa shape index (κ1) is 21.9. The predicted molar refractivity (Wildman–Crippen MR) is 130 cm³/mol. The van der Waals surface area contributed by atoms with Crippen molar-refractivity contribution in [2.75, 3.05) is 16.3 Å². The lowest BCUT2D eigenvalue weighted by Gasteiger charge is -2.28.